The molecular formula is C12H20N4O. The predicted molar refractivity (Wildman–Crippen MR) is 70.1 cm³/mol. The number of nitrogens with one attached hydrogen (secondary N) is 1. The van der Waals surface area contributed by atoms with Crippen molar-refractivity contribution in [3.8, 4) is 0 Å². The van der Waals surface area contributed by atoms with Crippen LogP contribution in [-0.2, 0) is 4.79 Å². The number of carbonyl (C=O) groups is 1. The summed E-state index contributed by atoms with van der Waals surface area (Å²) in [6.07, 6.45) is 3.27. The Labute approximate surface area is 102 Å². The van der Waals surface area contributed by atoms with E-state index < -0.39 is 6.04 Å². The first-order valence-corrected chi connectivity index (χ1v) is 5.75. The molecule has 0 aliphatic heterocycles. The molecule has 1 aromatic rings. The smallest absolute Gasteiger partial charge is 0.241 e. The quantitative estimate of drug-likeness (QED) is 0.806. The van der Waals surface area contributed by atoms with Crippen LogP contribution in [-0.4, -0.2) is 31.0 Å². The zero-order valence-electron chi connectivity index (χ0n) is 10.6. The summed E-state index contributed by atoms with van der Waals surface area (Å²) in [6, 6.07) is 3.14. The van der Waals surface area contributed by atoms with Crippen molar-refractivity contribution in [3.63, 3.8) is 0 Å². The van der Waals surface area contributed by atoms with Crippen molar-refractivity contribution >= 4 is 17.4 Å². The van der Waals surface area contributed by atoms with Crippen molar-refractivity contribution in [1.29, 1.82) is 0 Å². The number of hydrogen-bond acceptors (Lipinski definition) is 4. The van der Waals surface area contributed by atoms with E-state index in [0.29, 0.717) is 12.1 Å². The fraction of sp³-hybridized carbons (Fsp3) is 0.500. The highest BCUT2D eigenvalue weighted by Crippen LogP contribution is 2.20. The van der Waals surface area contributed by atoms with Gasteiger partial charge in [0.05, 0.1) is 11.7 Å². The molecule has 0 saturated carbocycles. The summed E-state index contributed by atoms with van der Waals surface area (Å²) in [4.78, 5) is 17.8. The van der Waals surface area contributed by atoms with Gasteiger partial charge in [-0.1, -0.05) is 13.3 Å². The second-order valence-electron chi connectivity index (χ2n) is 4.15. The molecule has 0 radical (unpaired) electrons. The maximum atomic E-state index is 11.8. The van der Waals surface area contributed by atoms with Crippen LogP contribution in [0.15, 0.2) is 18.3 Å². The maximum absolute atomic E-state index is 11.8. The lowest BCUT2D eigenvalue weighted by molar-refractivity contribution is -0.117. The number of nitrogens with two attached hydrogens (primary N) is 1. The van der Waals surface area contributed by atoms with E-state index in [-0.39, 0.29) is 5.91 Å². The number of carbonyl (C=O) groups excluding carboxylic acids is 1. The number of anilines is 2. The molecule has 1 atom stereocenters. The van der Waals surface area contributed by atoms with Crippen LogP contribution < -0.4 is 16.0 Å². The van der Waals surface area contributed by atoms with Gasteiger partial charge in [0.1, 0.15) is 0 Å². The highest BCUT2D eigenvalue weighted by atomic mass is 16.2. The van der Waals surface area contributed by atoms with Crippen LogP contribution in [0.3, 0.4) is 0 Å². The zero-order chi connectivity index (χ0) is 12.8. The molecule has 17 heavy (non-hydrogen) atoms. The normalized spacial score (nSPS) is 12.0. The van der Waals surface area contributed by atoms with Gasteiger partial charge in [-0.25, -0.2) is 4.98 Å². The van der Waals surface area contributed by atoms with Gasteiger partial charge in [-0.2, -0.15) is 0 Å². The van der Waals surface area contributed by atoms with Crippen LogP contribution in [0, 0.1) is 0 Å². The second-order valence-corrected chi connectivity index (χ2v) is 4.15. The van der Waals surface area contributed by atoms with E-state index in [1.54, 1.807) is 12.3 Å². The zero-order valence-corrected chi connectivity index (χ0v) is 10.6. The number of aromatic nitrogens is 1. The molecule has 1 amide bonds. The van der Waals surface area contributed by atoms with Crippen molar-refractivity contribution < 1.29 is 4.79 Å². The summed E-state index contributed by atoms with van der Waals surface area (Å²) in [5, 5.41) is 2.81. The van der Waals surface area contributed by atoms with E-state index in [1.807, 2.05) is 32.0 Å². The summed E-state index contributed by atoms with van der Waals surface area (Å²) >= 11 is 0. The Morgan fingerprint density at radius 3 is 2.88 bits per heavy atom. The van der Waals surface area contributed by atoms with Gasteiger partial charge in [0.2, 0.25) is 5.91 Å². The number of nitrogens with zero attached hydrogens (tertiary/aromatic N) is 2. The molecule has 0 aliphatic carbocycles. The average molecular weight is 236 g/mol. The first-order chi connectivity index (χ1) is 8.06. The lowest BCUT2D eigenvalue weighted by Gasteiger charge is -2.17. The third kappa shape index (κ3) is 3.71. The van der Waals surface area contributed by atoms with Gasteiger partial charge in [0.15, 0.2) is 5.82 Å². The molecule has 1 rings (SSSR count). The molecule has 0 fully saturated rings. The van der Waals surface area contributed by atoms with Gasteiger partial charge in [0.25, 0.3) is 0 Å². The SMILES string of the molecule is CCCC(N)C(=O)Nc1cccnc1N(C)C. The fourth-order valence-electron chi connectivity index (χ4n) is 1.52. The maximum Gasteiger partial charge on any atom is 0.241 e. The van der Waals surface area contributed by atoms with Gasteiger partial charge < -0.3 is 16.0 Å². The summed E-state index contributed by atoms with van der Waals surface area (Å²) in [7, 11) is 3.76. The van der Waals surface area contributed by atoms with Crippen molar-refractivity contribution in [2.24, 2.45) is 5.73 Å². The number of hydrogen-bond donors (Lipinski definition) is 2. The third-order valence-electron chi connectivity index (χ3n) is 2.40. The van der Waals surface area contributed by atoms with Crippen molar-refractivity contribution in [3.05, 3.63) is 18.3 Å². The molecule has 0 spiro atoms. The standard InChI is InChI=1S/C12H20N4O/c1-4-6-9(13)12(17)15-10-7-5-8-14-11(10)16(2)3/h5,7-9H,4,6,13H2,1-3H3,(H,15,17). The first-order valence-electron chi connectivity index (χ1n) is 5.75. The molecule has 0 aromatic carbocycles. The van der Waals surface area contributed by atoms with Gasteiger partial charge >= 0.3 is 0 Å². The molecular weight excluding hydrogens is 216 g/mol. The van der Waals surface area contributed by atoms with E-state index in [2.05, 4.69) is 10.3 Å². The van der Waals surface area contributed by atoms with Crippen LogP contribution in [0.5, 0.6) is 0 Å². The molecule has 1 aromatic heterocycles. The number of pyridine rings is 1. The Bertz CT molecular complexity index is 379. The van der Waals surface area contributed by atoms with Crippen LogP contribution in [0.2, 0.25) is 0 Å². The molecule has 5 heteroatoms. The molecule has 0 aliphatic rings. The van der Waals surface area contributed by atoms with E-state index in [0.717, 1.165) is 12.2 Å². The average Bonchev–Trinajstić information content (AvgIpc) is 2.29. The van der Waals surface area contributed by atoms with Crippen molar-refractivity contribution in [1.82, 2.24) is 4.98 Å². The Morgan fingerprint density at radius 2 is 2.29 bits per heavy atom. The Kier molecular flexibility index (Phi) is 4.90. The lowest BCUT2D eigenvalue weighted by atomic mass is 10.1. The highest BCUT2D eigenvalue weighted by molar-refractivity contribution is 5.96. The van der Waals surface area contributed by atoms with Crippen molar-refractivity contribution in [2.75, 3.05) is 24.3 Å². The molecule has 5 nitrogen and oxygen atoms in total. The molecule has 0 bridgehead atoms. The van der Waals surface area contributed by atoms with Gasteiger partial charge in [-0.15, -0.1) is 0 Å². The highest BCUT2D eigenvalue weighted by Gasteiger charge is 2.14. The predicted octanol–water partition coefficient (Wildman–Crippen LogP) is 1.21. The molecule has 0 saturated heterocycles. The van der Waals surface area contributed by atoms with E-state index >= 15 is 0 Å². The van der Waals surface area contributed by atoms with E-state index in [1.165, 1.54) is 0 Å². The summed E-state index contributed by atoms with van der Waals surface area (Å²) in [6.45, 7) is 2.00. The van der Waals surface area contributed by atoms with Crippen LogP contribution in [0.4, 0.5) is 11.5 Å². The topological polar surface area (TPSA) is 71.2 Å². The minimum Gasteiger partial charge on any atom is -0.361 e. The lowest BCUT2D eigenvalue weighted by Crippen LogP contribution is -2.35. The molecule has 3 N–H and O–H groups in total. The molecule has 1 heterocycles. The van der Waals surface area contributed by atoms with Crippen LogP contribution >= 0.6 is 0 Å². The number of rotatable bonds is 5. The third-order valence-corrected chi connectivity index (χ3v) is 2.40. The van der Waals surface area contributed by atoms with E-state index in [4.69, 9.17) is 5.73 Å². The van der Waals surface area contributed by atoms with Gasteiger partial charge in [0, 0.05) is 20.3 Å². The largest absolute Gasteiger partial charge is 0.361 e. The molecule has 94 valence electrons. The first kappa shape index (κ1) is 13.4. The Morgan fingerprint density at radius 1 is 1.59 bits per heavy atom. The Balaban J connectivity index is 2.77. The Hall–Kier alpha value is -1.62. The van der Waals surface area contributed by atoms with Crippen molar-refractivity contribution in [2.45, 2.75) is 25.8 Å². The fourth-order valence-corrected chi connectivity index (χ4v) is 1.52. The van der Waals surface area contributed by atoms with Gasteiger partial charge in [-0.05, 0) is 18.6 Å². The van der Waals surface area contributed by atoms with Gasteiger partial charge in [-0.3, -0.25) is 4.79 Å². The van der Waals surface area contributed by atoms with Crippen LogP contribution in [0.1, 0.15) is 19.8 Å². The minimum atomic E-state index is -0.463. The van der Waals surface area contributed by atoms with Crippen LogP contribution in [0.25, 0.3) is 0 Å². The number of amides is 1. The monoisotopic (exact) mass is 236 g/mol. The minimum absolute atomic E-state index is 0.164. The second kappa shape index (κ2) is 6.20. The van der Waals surface area contributed by atoms with E-state index in [9.17, 15) is 4.79 Å². The summed E-state index contributed by atoms with van der Waals surface area (Å²) in [5.74, 6) is 0.562. The summed E-state index contributed by atoms with van der Waals surface area (Å²) in [5.41, 5.74) is 6.44. The molecule has 1 unspecified atom stereocenters. The summed E-state index contributed by atoms with van der Waals surface area (Å²) < 4.78 is 0.